The van der Waals surface area contributed by atoms with Crippen LogP contribution in [-0.2, 0) is 4.74 Å². The number of hydrogen-bond acceptors (Lipinski definition) is 4. The van der Waals surface area contributed by atoms with E-state index in [4.69, 9.17) is 9.84 Å². The summed E-state index contributed by atoms with van der Waals surface area (Å²) in [4.78, 5) is 26.7. The van der Waals surface area contributed by atoms with Gasteiger partial charge in [0.1, 0.15) is 11.4 Å². The number of carbonyl (C=O) groups excluding carboxylic acids is 1. The van der Waals surface area contributed by atoms with Crippen molar-refractivity contribution in [3.63, 3.8) is 0 Å². The summed E-state index contributed by atoms with van der Waals surface area (Å²) in [5.74, 6) is -1.10. The van der Waals surface area contributed by atoms with Crippen molar-refractivity contribution >= 4 is 11.9 Å². The molecule has 1 saturated heterocycles. The third-order valence-corrected chi connectivity index (χ3v) is 3.53. The largest absolute Gasteiger partial charge is 0.477 e. The van der Waals surface area contributed by atoms with E-state index < -0.39 is 5.97 Å². The first kappa shape index (κ1) is 14.5. The van der Waals surface area contributed by atoms with Crippen LogP contribution >= 0.6 is 0 Å². The Labute approximate surface area is 117 Å². The summed E-state index contributed by atoms with van der Waals surface area (Å²) in [6, 6.07) is 4.41. The number of carboxylic acids is 1. The molecule has 6 heteroatoms. The van der Waals surface area contributed by atoms with Crippen LogP contribution in [0.4, 0.5) is 0 Å². The third-order valence-electron chi connectivity index (χ3n) is 3.53. The molecule has 1 aliphatic heterocycles. The lowest BCUT2D eigenvalue weighted by Gasteiger charge is -2.28. The van der Waals surface area contributed by atoms with E-state index >= 15 is 0 Å². The molecule has 1 aliphatic rings. The monoisotopic (exact) mass is 278 g/mol. The van der Waals surface area contributed by atoms with Crippen molar-refractivity contribution in [2.75, 3.05) is 13.2 Å². The molecule has 2 N–H and O–H groups in total. The van der Waals surface area contributed by atoms with Crippen LogP contribution in [0.1, 0.15) is 40.7 Å². The van der Waals surface area contributed by atoms with E-state index in [1.807, 2.05) is 6.92 Å². The van der Waals surface area contributed by atoms with Crippen LogP contribution in [0.3, 0.4) is 0 Å². The van der Waals surface area contributed by atoms with Crippen LogP contribution in [0.25, 0.3) is 0 Å². The van der Waals surface area contributed by atoms with Crippen LogP contribution in [0, 0.1) is 5.92 Å². The topological polar surface area (TPSA) is 88.5 Å². The summed E-state index contributed by atoms with van der Waals surface area (Å²) < 4.78 is 5.29. The van der Waals surface area contributed by atoms with Gasteiger partial charge < -0.3 is 15.2 Å². The SMILES string of the molecule is CC(NC(=O)c1cccc(C(=O)O)n1)C1CCOCC1. The highest BCUT2D eigenvalue weighted by molar-refractivity contribution is 5.94. The second kappa shape index (κ2) is 6.47. The lowest BCUT2D eigenvalue weighted by atomic mass is 9.93. The Morgan fingerprint density at radius 1 is 1.35 bits per heavy atom. The number of hydrogen-bond donors (Lipinski definition) is 2. The van der Waals surface area contributed by atoms with Gasteiger partial charge in [0.25, 0.3) is 5.91 Å². The lowest BCUT2D eigenvalue weighted by molar-refractivity contribution is 0.0537. The normalized spacial score (nSPS) is 17.4. The Morgan fingerprint density at radius 3 is 2.65 bits per heavy atom. The number of aromatic carboxylic acids is 1. The van der Waals surface area contributed by atoms with Gasteiger partial charge in [-0.15, -0.1) is 0 Å². The van der Waals surface area contributed by atoms with Crippen LogP contribution < -0.4 is 5.32 Å². The van der Waals surface area contributed by atoms with E-state index in [2.05, 4.69) is 10.3 Å². The van der Waals surface area contributed by atoms with Gasteiger partial charge in [-0.2, -0.15) is 0 Å². The number of amides is 1. The molecule has 1 unspecified atom stereocenters. The van der Waals surface area contributed by atoms with Gasteiger partial charge in [0.05, 0.1) is 0 Å². The summed E-state index contributed by atoms with van der Waals surface area (Å²) in [7, 11) is 0. The fourth-order valence-electron chi connectivity index (χ4n) is 2.29. The average molecular weight is 278 g/mol. The molecule has 1 aromatic rings. The maximum Gasteiger partial charge on any atom is 0.354 e. The highest BCUT2D eigenvalue weighted by Gasteiger charge is 2.22. The van der Waals surface area contributed by atoms with Gasteiger partial charge in [-0.3, -0.25) is 4.79 Å². The molecular weight excluding hydrogens is 260 g/mol. The minimum absolute atomic E-state index is 0.0154. The zero-order chi connectivity index (χ0) is 14.5. The average Bonchev–Trinajstić information content (AvgIpc) is 2.48. The van der Waals surface area contributed by atoms with Crippen molar-refractivity contribution in [2.24, 2.45) is 5.92 Å². The molecule has 1 fully saturated rings. The Morgan fingerprint density at radius 2 is 2.00 bits per heavy atom. The summed E-state index contributed by atoms with van der Waals surface area (Å²) >= 11 is 0. The smallest absolute Gasteiger partial charge is 0.354 e. The third kappa shape index (κ3) is 3.54. The molecule has 20 heavy (non-hydrogen) atoms. The zero-order valence-corrected chi connectivity index (χ0v) is 11.3. The van der Waals surface area contributed by atoms with Gasteiger partial charge in [0.15, 0.2) is 0 Å². The van der Waals surface area contributed by atoms with E-state index in [1.54, 1.807) is 0 Å². The van der Waals surface area contributed by atoms with Crippen molar-refractivity contribution in [1.29, 1.82) is 0 Å². The molecule has 2 heterocycles. The number of pyridine rings is 1. The minimum atomic E-state index is -1.14. The molecule has 0 bridgehead atoms. The molecule has 0 spiro atoms. The van der Waals surface area contributed by atoms with Gasteiger partial charge in [-0.1, -0.05) is 6.07 Å². The zero-order valence-electron chi connectivity index (χ0n) is 11.3. The van der Waals surface area contributed by atoms with Crippen molar-refractivity contribution in [3.05, 3.63) is 29.6 Å². The highest BCUT2D eigenvalue weighted by atomic mass is 16.5. The first-order valence-corrected chi connectivity index (χ1v) is 6.67. The standard InChI is InChI=1S/C14H18N2O4/c1-9(10-5-7-20-8-6-10)15-13(17)11-3-2-4-12(16-11)14(18)19/h2-4,9-10H,5-8H2,1H3,(H,15,17)(H,18,19). The summed E-state index contributed by atoms with van der Waals surface area (Å²) in [5.41, 5.74) is 0.000166. The van der Waals surface area contributed by atoms with Crippen molar-refractivity contribution in [3.8, 4) is 0 Å². The van der Waals surface area contributed by atoms with Gasteiger partial charge in [0.2, 0.25) is 0 Å². The molecular formula is C14H18N2O4. The van der Waals surface area contributed by atoms with Crippen LogP contribution in [0.15, 0.2) is 18.2 Å². The molecule has 2 rings (SSSR count). The number of nitrogens with zero attached hydrogens (tertiary/aromatic N) is 1. The molecule has 1 amide bonds. The molecule has 108 valence electrons. The lowest BCUT2D eigenvalue weighted by Crippen LogP contribution is -2.40. The molecule has 1 aromatic heterocycles. The Balaban J connectivity index is 2.00. The molecule has 0 saturated carbocycles. The van der Waals surface area contributed by atoms with Crippen molar-refractivity contribution in [1.82, 2.24) is 10.3 Å². The second-order valence-electron chi connectivity index (χ2n) is 4.93. The molecule has 6 nitrogen and oxygen atoms in total. The number of carboxylic acid groups (broad SMARTS) is 1. The van der Waals surface area contributed by atoms with E-state index in [0.717, 1.165) is 26.1 Å². The van der Waals surface area contributed by atoms with Crippen LogP contribution in [0.5, 0.6) is 0 Å². The second-order valence-corrected chi connectivity index (χ2v) is 4.93. The number of aromatic nitrogens is 1. The molecule has 0 aliphatic carbocycles. The van der Waals surface area contributed by atoms with Gasteiger partial charge in [0, 0.05) is 19.3 Å². The van der Waals surface area contributed by atoms with Gasteiger partial charge >= 0.3 is 5.97 Å². The fourth-order valence-corrected chi connectivity index (χ4v) is 2.29. The van der Waals surface area contributed by atoms with E-state index in [0.29, 0.717) is 5.92 Å². The Hall–Kier alpha value is -1.95. The minimum Gasteiger partial charge on any atom is -0.477 e. The quantitative estimate of drug-likeness (QED) is 0.867. The van der Waals surface area contributed by atoms with E-state index in [1.165, 1.54) is 18.2 Å². The predicted molar refractivity (Wildman–Crippen MR) is 71.7 cm³/mol. The van der Waals surface area contributed by atoms with Crippen LogP contribution in [-0.4, -0.2) is 41.2 Å². The summed E-state index contributed by atoms with van der Waals surface area (Å²) in [5, 5.41) is 11.8. The maximum atomic E-state index is 12.1. The van der Waals surface area contributed by atoms with Gasteiger partial charge in [-0.05, 0) is 37.8 Å². The predicted octanol–water partition coefficient (Wildman–Crippen LogP) is 1.32. The fraction of sp³-hybridized carbons (Fsp3) is 0.500. The molecule has 0 radical (unpaired) electrons. The van der Waals surface area contributed by atoms with Gasteiger partial charge in [-0.25, -0.2) is 9.78 Å². The molecule has 0 aromatic carbocycles. The number of nitrogens with one attached hydrogen (secondary N) is 1. The number of carbonyl (C=O) groups is 2. The summed E-state index contributed by atoms with van der Waals surface area (Å²) in [6.07, 6.45) is 1.84. The van der Waals surface area contributed by atoms with E-state index in [-0.39, 0.29) is 23.3 Å². The van der Waals surface area contributed by atoms with E-state index in [9.17, 15) is 9.59 Å². The van der Waals surface area contributed by atoms with Crippen molar-refractivity contribution < 1.29 is 19.4 Å². The Bertz CT molecular complexity index is 498. The Kier molecular flexibility index (Phi) is 4.68. The highest BCUT2D eigenvalue weighted by Crippen LogP contribution is 2.18. The first-order valence-electron chi connectivity index (χ1n) is 6.67. The van der Waals surface area contributed by atoms with Crippen LogP contribution in [0.2, 0.25) is 0 Å². The first-order chi connectivity index (χ1) is 9.58. The number of ether oxygens (including phenoxy) is 1. The number of rotatable bonds is 4. The van der Waals surface area contributed by atoms with Crippen molar-refractivity contribution in [2.45, 2.75) is 25.8 Å². The molecule has 1 atom stereocenters. The maximum absolute atomic E-state index is 12.1. The summed E-state index contributed by atoms with van der Waals surface area (Å²) in [6.45, 7) is 3.39.